The largest absolute Gasteiger partial charge is 1.00 e. The Morgan fingerprint density at radius 1 is 1.27 bits per heavy atom. The standard InChI is InChI=1S/C7H6O3.K.H2O3S.H/c8-6-4-2-1-3-5(6)7(9)10;;1-4(2)3;/h1-4,8H,(H,9,10);;(H2,1,2,3);/q;+1;;-1. The Labute approximate surface area is 132 Å². The van der Waals surface area contributed by atoms with Gasteiger partial charge in [0.25, 0.3) is 11.4 Å². The summed E-state index contributed by atoms with van der Waals surface area (Å²) < 4.78 is 22.8. The number of phenols is 1. The average molecular weight is 260 g/mol. The Bertz CT molecular complexity index is 343. The molecule has 0 fully saturated rings. The van der Waals surface area contributed by atoms with Gasteiger partial charge >= 0.3 is 57.4 Å². The van der Waals surface area contributed by atoms with Gasteiger partial charge in [0.2, 0.25) is 0 Å². The van der Waals surface area contributed by atoms with Crippen LogP contribution in [0.4, 0.5) is 0 Å². The summed E-state index contributed by atoms with van der Waals surface area (Å²) in [6.07, 6.45) is 0. The predicted octanol–water partition coefficient (Wildman–Crippen LogP) is -2.11. The molecule has 0 aliphatic heterocycles. The average Bonchev–Trinajstić information content (AvgIpc) is 2.03. The van der Waals surface area contributed by atoms with Crippen LogP contribution >= 0.6 is 0 Å². The van der Waals surface area contributed by atoms with Crippen molar-refractivity contribution in [3.63, 3.8) is 0 Å². The molecule has 1 aromatic rings. The summed E-state index contributed by atoms with van der Waals surface area (Å²) in [5.41, 5.74) is -0.0671. The second-order valence-corrected chi connectivity index (χ2v) is 2.51. The monoisotopic (exact) mass is 260 g/mol. The summed E-state index contributed by atoms with van der Waals surface area (Å²) in [6, 6.07) is 5.81. The van der Waals surface area contributed by atoms with Gasteiger partial charge in [-0.05, 0) is 12.1 Å². The number of hydrogen-bond donors (Lipinski definition) is 4. The van der Waals surface area contributed by atoms with Gasteiger partial charge in [-0.2, -0.15) is 4.21 Å². The fourth-order valence-corrected chi connectivity index (χ4v) is 0.654. The Morgan fingerprint density at radius 3 is 1.93 bits per heavy atom. The third-order valence-electron chi connectivity index (χ3n) is 1.13. The van der Waals surface area contributed by atoms with Gasteiger partial charge < -0.3 is 11.6 Å². The van der Waals surface area contributed by atoms with E-state index in [1.54, 1.807) is 12.1 Å². The second kappa shape index (κ2) is 9.42. The summed E-state index contributed by atoms with van der Waals surface area (Å²) in [4.78, 5) is 10.3. The summed E-state index contributed by atoms with van der Waals surface area (Å²) in [7, 11) is 0. The van der Waals surface area contributed by atoms with E-state index in [1.165, 1.54) is 12.1 Å². The molecule has 0 spiro atoms. The minimum absolute atomic E-state index is 0. The molecule has 0 unspecified atom stereocenters. The van der Waals surface area contributed by atoms with Gasteiger partial charge in [-0.25, -0.2) is 4.79 Å². The number of rotatable bonds is 1. The second-order valence-electron chi connectivity index (χ2n) is 2.05. The maximum atomic E-state index is 10.3. The van der Waals surface area contributed by atoms with Gasteiger partial charge in [-0.3, -0.25) is 9.11 Å². The number of carbonyl (C=O) groups is 1. The number of para-hydroxylation sites is 1. The van der Waals surface area contributed by atoms with Crippen LogP contribution in [0.5, 0.6) is 5.75 Å². The van der Waals surface area contributed by atoms with E-state index in [0.717, 1.165) is 0 Å². The van der Waals surface area contributed by atoms with Gasteiger partial charge in [0, 0.05) is 0 Å². The molecule has 8 heteroatoms. The topological polar surface area (TPSA) is 115 Å². The zero-order chi connectivity index (χ0) is 11.1. The molecule has 80 valence electrons. The molecule has 0 saturated heterocycles. The van der Waals surface area contributed by atoms with Crippen LogP contribution in [0.1, 0.15) is 11.8 Å². The first kappa shape index (κ1) is 17.6. The predicted molar refractivity (Wildman–Crippen MR) is 49.6 cm³/mol. The van der Waals surface area contributed by atoms with Crippen molar-refractivity contribution in [3.05, 3.63) is 29.8 Å². The van der Waals surface area contributed by atoms with Crippen molar-refractivity contribution in [2.45, 2.75) is 0 Å². The van der Waals surface area contributed by atoms with Crippen molar-refractivity contribution in [1.82, 2.24) is 0 Å². The maximum absolute atomic E-state index is 10.3. The minimum Gasteiger partial charge on any atom is -1.00 e. The molecule has 0 aromatic heterocycles. The first-order valence-electron chi connectivity index (χ1n) is 3.26. The zero-order valence-electron chi connectivity index (χ0n) is 8.82. The van der Waals surface area contributed by atoms with Crippen molar-refractivity contribution in [1.29, 1.82) is 0 Å². The van der Waals surface area contributed by atoms with Crippen LogP contribution in [0, 0.1) is 0 Å². The van der Waals surface area contributed by atoms with E-state index < -0.39 is 17.3 Å². The molecular weight excluding hydrogens is 251 g/mol. The van der Waals surface area contributed by atoms with Crippen LogP contribution in [0.15, 0.2) is 24.3 Å². The van der Waals surface area contributed by atoms with Crippen molar-refractivity contribution < 1.29 is 81.1 Å². The van der Waals surface area contributed by atoms with E-state index in [-0.39, 0.29) is 64.1 Å². The summed E-state index contributed by atoms with van der Waals surface area (Å²) in [6.45, 7) is 0. The molecule has 0 radical (unpaired) electrons. The summed E-state index contributed by atoms with van der Waals surface area (Å²) in [5, 5.41) is 17.3. The normalized spacial score (nSPS) is 8.47. The van der Waals surface area contributed by atoms with Gasteiger partial charge in [0.1, 0.15) is 11.3 Å². The Morgan fingerprint density at radius 2 is 1.67 bits per heavy atom. The van der Waals surface area contributed by atoms with E-state index in [1.807, 2.05) is 0 Å². The molecule has 0 amide bonds. The third-order valence-corrected chi connectivity index (χ3v) is 1.13. The molecule has 6 nitrogen and oxygen atoms in total. The van der Waals surface area contributed by atoms with Gasteiger partial charge in [-0.15, -0.1) is 0 Å². The minimum atomic E-state index is -2.61. The van der Waals surface area contributed by atoms with Crippen LogP contribution in [0.2, 0.25) is 0 Å². The Hall–Kier alpha value is 0.196. The fraction of sp³-hybridized carbons (Fsp3) is 0. The molecule has 15 heavy (non-hydrogen) atoms. The molecule has 0 aliphatic rings. The van der Waals surface area contributed by atoms with Crippen LogP contribution in [-0.4, -0.2) is 29.5 Å². The van der Waals surface area contributed by atoms with Crippen LogP contribution in [-0.2, 0) is 11.4 Å². The quantitative estimate of drug-likeness (QED) is 0.339. The molecule has 4 N–H and O–H groups in total. The number of carboxylic acid groups (broad SMARTS) is 1. The smallest absolute Gasteiger partial charge is 1.00 e. The van der Waals surface area contributed by atoms with E-state index in [2.05, 4.69) is 0 Å². The van der Waals surface area contributed by atoms with E-state index in [4.69, 9.17) is 23.5 Å². The van der Waals surface area contributed by atoms with Crippen molar-refractivity contribution in [3.8, 4) is 5.75 Å². The number of aromatic hydroxyl groups is 1. The van der Waals surface area contributed by atoms with Crippen LogP contribution < -0.4 is 51.4 Å². The number of hydrogen-bond acceptors (Lipinski definition) is 3. The SMILES string of the molecule is O=C(O)c1ccccc1O.O=S(O)O.[H-].[K+]. The maximum Gasteiger partial charge on any atom is 1.00 e. The molecule has 1 rings (SSSR count). The molecule has 0 heterocycles. The molecule has 0 bridgehead atoms. The van der Waals surface area contributed by atoms with Gasteiger partial charge in [-0.1, -0.05) is 12.1 Å². The molecule has 0 aliphatic carbocycles. The van der Waals surface area contributed by atoms with Gasteiger partial charge in [0.15, 0.2) is 0 Å². The number of carboxylic acids is 1. The van der Waals surface area contributed by atoms with E-state index in [9.17, 15) is 4.79 Å². The molecule has 0 saturated carbocycles. The number of benzene rings is 1. The van der Waals surface area contributed by atoms with Crippen LogP contribution in [0.25, 0.3) is 0 Å². The van der Waals surface area contributed by atoms with Crippen LogP contribution in [0.3, 0.4) is 0 Å². The summed E-state index contributed by atoms with van der Waals surface area (Å²) >= 11 is -2.61. The molecular formula is C7H9KO6S. The molecule has 1 aromatic carbocycles. The number of aromatic carboxylic acids is 1. The van der Waals surface area contributed by atoms with E-state index in [0.29, 0.717) is 0 Å². The van der Waals surface area contributed by atoms with Gasteiger partial charge in [0.05, 0.1) is 0 Å². The Kier molecular flexibility index (Phi) is 11.0. The van der Waals surface area contributed by atoms with Crippen molar-refractivity contribution in [2.24, 2.45) is 0 Å². The first-order chi connectivity index (χ1) is 6.45. The fourth-order valence-electron chi connectivity index (χ4n) is 0.654. The van der Waals surface area contributed by atoms with Crippen molar-refractivity contribution in [2.75, 3.05) is 0 Å². The van der Waals surface area contributed by atoms with E-state index >= 15 is 0 Å². The Balaban J connectivity index is -0.000000249. The van der Waals surface area contributed by atoms with Crippen molar-refractivity contribution >= 4 is 17.3 Å². The summed E-state index contributed by atoms with van der Waals surface area (Å²) in [5.74, 6) is -1.31. The third kappa shape index (κ3) is 9.14. The molecule has 0 atom stereocenters. The zero-order valence-corrected chi connectivity index (χ0v) is 11.8. The first-order valence-corrected chi connectivity index (χ1v) is 4.32.